The quantitative estimate of drug-likeness (QED) is 0.626. The van der Waals surface area contributed by atoms with E-state index in [9.17, 15) is 5.11 Å². The minimum Gasteiger partial charge on any atom is -0.390 e. The molecule has 0 heterocycles. The van der Waals surface area contributed by atoms with Crippen molar-refractivity contribution in [3.63, 3.8) is 0 Å². The van der Waals surface area contributed by atoms with E-state index in [1.807, 2.05) is 45.0 Å². The molecule has 0 fully saturated rings. The summed E-state index contributed by atoms with van der Waals surface area (Å²) in [5.41, 5.74) is 5.10. The predicted octanol–water partition coefficient (Wildman–Crippen LogP) is 3.07. The summed E-state index contributed by atoms with van der Waals surface area (Å²) < 4.78 is 0. The Kier molecular flexibility index (Phi) is 6.37. The van der Waals surface area contributed by atoms with Crippen LogP contribution < -0.4 is 5.73 Å². The van der Waals surface area contributed by atoms with Crippen molar-refractivity contribution in [3.05, 3.63) is 34.9 Å². The van der Waals surface area contributed by atoms with Crippen molar-refractivity contribution < 1.29 is 5.11 Å². The van der Waals surface area contributed by atoms with Crippen LogP contribution >= 0.6 is 11.6 Å². The van der Waals surface area contributed by atoms with Gasteiger partial charge < -0.3 is 10.8 Å². The van der Waals surface area contributed by atoms with E-state index in [4.69, 9.17) is 17.3 Å². The molecule has 0 saturated heterocycles. The van der Waals surface area contributed by atoms with E-state index < -0.39 is 5.60 Å². The maximum absolute atomic E-state index is 10.9. The van der Waals surface area contributed by atoms with Gasteiger partial charge in [0.15, 0.2) is 0 Å². The van der Waals surface area contributed by atoms with E-state index in [1.54, 1.807) is 0 Å². The second kappa shape index (κ2) is 7.57. The van der Waals surface area contributed by atoms with Gasteiger partial charge >= 0.3 is 0 Å². The van der Waals surface area contributed by atoms with Crippen LogP contribution in [0.2, 0.25) is 5.02 Å². The number of hydrogen-bond acceptors (Lipinski definition) is 2. The van der Waals surface area contributed by atoms with Gasteiger partial charge in [0.25, 0.3) is 0 Å². The molecule has 5 heteroatoms. The van der Waals surface area contributed by atoms with Crippen LogP contribution in [0.15, 0.2) is 34.3 Å². The molecule has 0 aromatic heterocycles. The summed E-state index contributed by atoms with van der Waals surface area (Å²) in [6.07, 6.45) is 3.93. The Morgan fingerprint density at radius 1 is 1.24 bits per heavy atom. The van der Waals surface area contributed by atoms with E-state index in [0.29, 0.717) is 18.0 Å². The first-order chi connectivity index (χ1) is 9.78. The first kappa shape index (κ1) is 17.7. The Bertz CT molecular complexity index is 491. The van der Waals surface area contributed by atoms with E-state index in [-0.39, 0.29) is 5.41 Å². The number of nitrogens with two attached hydrogens (primary N) is 1. The van der Waals surface area contributed by atoms with Gasteiger partial charge in [0.05, 0.1) is 18.5 Å². The molecule has 0 amide bonds. The molecule has 0 aliphatic carbocycles. The van der Waals surface area contributed by atoms with E-state index >= 15 is 0 Å². The minimum atomic E-state index is -0.909. The van der Waals surface area contributed by atoms with Crippen LogP contribution in [-0.2, 0) is 6.42 Å². The number of nitrogens with zero attached hydrogens (tertiary/aromatic N) is 2. The Balaban J connectivity index is 2.76. The molecule has 0 saturated carbocycles. The van der Waals surface area contributed by atoms with Crippen molar-refractivity contribution >= 4 is 24.3 Å². The molecular weight excluding hydrogens is 286 g/mol. The number of aliphatic imine (C=N–C) groups is 2. The second-order valence-corrected chi connectivity index (χ2v) is 6.60. The van der Waals surface area contributed by atoms with Crippen molar-refractivity contribution in [2.75, 3.05) is 6.54 Å². The summed E-state index contributed by atoms with van der Waals surface area (Å²) in [4.78, 5) is 7.87. The van der Waals surface area contributed by atoms with Gasteiger partial charge in [-0.25, -0.2) is 4.99 Å². The fourth-order valence-corrected chi connectivity index (χ4v) is 2.10. The van der Waals surface area contributed by atoms with E-state index in [0.717, 1.165) is 12.0 Å². The van der Waals surface area contributed by atoms with Crippen LogP contribution in [0.1, 0.15) is 32.8 Å². The third-order valence-electron chi connectivity index (χ3n) is 3.72. The second-order valence-electron chi connectivity index (χ2n) is 6.16. The molecule has 0 spiro atoms. The Morgan fingerprint density at radius 2 is 1.86 bits per heavy atom. The first-order valence-corrected chi connectivity index (χ1v) is 7.35. The lowest BCUT2D eigenvalue weighted by Gasteiger charge is -2.39. The first-order valence-electron chi connectivity index (χ1n) is 6.97. The third-order valence-corrected chi connectivity index (χ3v) is 3.98. The molecule has 0 aliphatic heterocycles. The van der Waals surface area contributed by atoms with E-state index in [1.165, 1.54) is 12.7 Å². The number of halogens is 1. The lowest BCUT2D eigenvalue weighted by atomic mass is 9.73. The van der Waals surface area contributed by atoms with Crippen LogP contribution in [-0.4, -0.2) is 29.9 Å². The number of hydrogen-bond donors (Lipinski definition) is 2. The fourth-order valence-electron chi connectivity index (χ4n) is 1.97. The van der Waals surface area contributed by atoms with Gasteiger partial charge in [0.1, 0.15) is 6.34 Å². The summed E-state index contributed by atoms with van der Waals surface area (Å²) in [7, 11) is 0. The molecule has 21 heavy (non-hydrogen) atoms. The molecule has 3 N–H and O–H groups in total. The minimum absolute atomic E-state index is 0.288. The Morgan fingerprint density at radius 3 is 2.38 bits per heavy atom. The number of aryl methyl sites for hydroxylation is 1. The molecule has 1 rings (SSSR count). The highest BCUT2D eigenvalue weighted by molar-refractivity contribution is 6.30. The highest BCUT2D eigenvalue weighted by atomic mass is 35.5. The van der Waals surface area contributed by atoms with Gasteiger partial charge in [-0.2, -0.15) is 0 Å². The van der Waals surface area contributed by atoms with Crippen LogP contribution in [0.25, 0.3) is 0 Å². The highest BCUT2D eigenvalue weighted by Crippen LogP contribution is 2.34. The molecule has 1 aromatic rings. The number of rotatable bonds is 6. The standard InChI is InChI=1S/C16H24ClN3O/c1-15(2,3)16(21,10-19-12-20-11-18)9-8-13-4-6-14(17)7-5-13/h4-7,11-12,21H,8-10H2,1-3H3,(H2,18,19,20). The normalized spacial score (nSPS) is 15.7. The van der Waals surface area contributed by atoms with Crippen LogP contribution in [0, 0.1) is 5.41 Å². The molecule has 0 radical (unpaired) electrons. The highest BCUT2D eigenvalue weighted by Gasteiger charge is 2.39. The van der Waals surface area contributed by atoms with Crippen LogP contribution in [0.4, 0.5) is 0 Å². The fraction of sp³-hybridized carbons (Fsp3) is 0.500. The molecule has 4 nitrogen and oxygen atoms in total. The maximum atomic E-state index is 10.9. The van der Waals surface area contributed by atoms with Gasteiger partial charge in [-0.1, -0.05) is 44.5 Å². The zero-order chi connectivity index (χ0) is 15.9. The average molecular weight is 310 g/mol. The van der Waals surface area contributed by atoms with Gasteiger partial charge in [-0.3, -0.25) is 4.99 Å². The predicted molar refractivity (Wildman–Crippen MR) is 90.2 cm³/mol. The SMILES string of the molecule is CC(C)(C)C(O)(CCc1ccc(Cl)cc1)CN=CN=CN. The summed E-state index contributed by atoms with van der Waals surface area (Å²) in [5, 5.41) is 11.7. The summed E-state index contributed by atoms with van der Waals surface area (Å²) >= 11 is 5.88. The number of benzene rings is 1. The average Bonchev–Trinajstić information content (AvgIpc) is 2.42. The Hall–Kier alpha value is -1.39. The van der Waals surface area contributed by atoms with Crippen molar-refractivity contribution in [3.8, 4) is 0 Å². The van der Waals surface area contributed by atoms with Crippen molar-refractivity contribution in [2.24, 2.45) is 21.1 Å². The molecular formula is C16H24ClN3O. The van der Waals surface area contributed by atoms with Crippen LogP contribution in [0.3, 0.4) is 0 Å². The van der Waals surface area contributed by atoms with Gasteiger partial charge in [0.2, 0.25) is 0 Å². The molecule has 116 valence electrons. The smallest absolute Gasteiger partial charge is 0.111 e. The molecule has 0 aliphatic rings. The summed E-state index contributed by atoms with van der Waals surface area (Å²) in [6.45, 7) is 6.32. The maximum Gasteiger partial charge on any atom is 0.111 e. The number of aliphatic hydroxyl groups is 1. The molecule has 1 unspecified atom stereocenters. The summed E-state index contributed by atoms with van der Waals surface area (Å²) in [5.74, 6) is 0. The Labute approximate surface area is 131 Å². The molecule has 1 atom stereocenters. The van der Waals surface area contributed by atoms with Crippen LogP contribution in [0.5, 0.6) is 0 Å². The van der Waals surface area contributed by atoms with E-state index in [2.05, 4.69) is 9.98 Å². The molecule has 1 aromatic carbocycles. The van der Waals surface area contributed by atoms with Crippen molar-refractivity contribution in [2.45, 2.75) is 39.2 Å². The zero-order valence-corrected chi connectivity index (χ0v) is 13.6. The third kappa shape index (κ3) is 5.48. The monoisotopic (exact) mass is 309 g/mol. The van der Waals surface area contributed by atoms with Gasteiger partial charge in [-0.15, -0.1) is 0 Å². The van der Waals surface area contributed by atoms with Crippen molar-refractivity contribution in [1.29, 1.82) is 0 Å². The van der Waals surface area contributed by atoms with Gasteiger partial charge in [0, 0.05) is 5.02 Å². The van der Waals surface area contributed by atoms with Gasteiger partial charge in [-0.05, 0) is 36.0 Å². The lowest BCUT2D eigenvalue weighted by molar-refractivity contribution is -0.0554. The lowest BCUT2D eigenvalue weighted by Crippen LogP contribution is -2.46. The van der Waals surface area contributed by atoms with Crippen molar-refractivity contribution in [1.82, 2.24) is 0 Å². The topological polar surface area (TPSA) is 71.0 Å². The summed E-state index contributed by atoms with van der Waals surface area (Å²) in [6, 6.07) is 7.68. The largest absolute Gasteiger partial charge is 0.390 e. The molecule has 0 bridgehead atoms. The zero-order valence-electron chi connectivity index (χ0n) is 12.9.